The summed E-state index contributed by atoms with van der Waals surface area (Å²) in [5.74, 6) is -0.0228. The molecule has 0 saturated heterocycles. The Hall–Kier alpha value is -1.81. The van der Waals surface area contributed by atoms with Gasteiger partial charge in [0, 0.05) is 19.7 Å². The number of amides is 1. The fourth-order valence-corrected chi connectivity index (χ4v) is 2.23. The van der Waals surface area contributed by atoms with Crippen molar-refractivity contribution in [3.05, 3.63) is 51.8 Å². The molecule has 1 aromatic carbocycles. The van der Waals surface area contributed by atoms with Crippen molar-refractivity contribution in [2.75, 3.05) is 7.05 Å². The van der Waals surface area contributed by atoms with E-state index in [1.807, 2.05) is 39.1 Å². The zero-order valence-electron chi connectivity index (χ0n) is 12.1. The van der Waals surface area contributed by atoms with Crippen LogP contribution in [0.25, 0.3) is 0 Å². The second-order valence-electron chi connectivity index (χ2n) is 5.02. The molecule has 20 heavy (non-hydrogen) atoms. The van der Waals surface area contributed by atoms with E-state index in [1.54, 1.807) is 22.8 Å². The Morgan fingerprint density at radius 2 is 2.05 bits per heavy atom. The van der Waals surface area contributed by atoms with Crippen LogP contribution in [0.2, 0.25) is 5.02 Å². The minimum Gasteiger partial charge on any atom is -0.336 e. The molecule has 1 heterocycles. The molecule has 2 aromatic rings. The molecule has 0 aliphatic rings. The second-order valence-corrected chi connectivity index (χ2v) is 5.43. The van der Waals surface area contributed by atoms with Gasteiger partial charge in [-0.25, -0.2) is 0 Å². The van der Waals surface area contributed by atoms with Crippen molar-refractivity contribution < 1.29 is 4.79 Å². The van der Waals surface area contributed by atoms with Crippen LogP contribution in [-0.2, 0) is 13.6 Å². The molecular weight excluding hydrogens is 274 g/mol. The fourth-order valence-electron chi connectivity index (χ4n) is 2.01. The van der Waals surface area contributed by atoms with Crippen molar-refractivity contribution in [3.63, 3.8) is 0 Å². The maximum Gasteiger partial charge on any atom is 0.253 e. The molecule has 1 aromatic heterocycles. The number of rotatable bonds is 3. The summed E-state index contributed by atoms with van der Waals surface area (Å²) < 4.78 is 1.69. The van der Waals surface area contributed by atoms with Gasteiger partial charge in [-0.3, -0.25) is 9.48 Å². The monoisotopic (exact) mass is 291 g/mol. The zero-order chi connectivity index (χ0) is 14.9. The Morgan fingerprint density at radius 1 is 1.35 bits per heavy atom. The molecule has 0 N–H and O–H groups in total. The molecule has 0 saturated carbocycles. The van der Waals surface area contributed by atoms with Gasteiger partial charge in [-0.05, 0) is 37.1 Å². The normalized spacial score (nSPS) is 10.7. The van der Waals surface area contributed by atoms with Gasteiger partial charge in [-0.15, -0.1) is 0 Å². The third-order valence-corrected chi connectivity index (χ3v) is 3.81. The van der Waals surface area contributed by atoms with Crippen molar-refractivity contribution in [3.8, 4) is 0 Å². The molecule has 0 aliphatic carbocycles. The van der Waals surface area contributed by atoms with Crippen LogP contribution in [0.4, 0.5) is 0 Å². The van der Waals surface area contributed by atoms with Gasteiger partial charge in [-0.1, -0.05) is 17.7 Å². The van der Waals surface area contributed by atoms with E-state index in [1.165, 1.54) is 5.56 Å². The summed E-state index contributed by atoms with van der Waals surface area (Å²) in [6.45, 7) is 4.47. The van der Waals surface area contributed by atoms with E-state index >= 15 is 0 Å². The fraction of sp³-hybridized carbons (Fsp3) is 0.333. The molecule has 106 valence electrons. The first kappa shape index (κ1) is 14.6. The van der Waals surface area contributed by atoms with E-state index in [0.717, 1.165) is 11.3 Å². The summed E-state index contributed by atoms with van der Waals surface area (Å²) in [7, 11) is 3.58. The molecule has 5 heteroatoms. The van der Waals surface area contributed by atoms with Gasteiger partial charge >= 0.3 is 0 Å². The molecule has 0 aliphatic heterocycles. The molecule has 0 bridgehead atoms. The Labute approximate surface area is 124 Å². The molecule has 4 nitrogen and oxygen atoms in total. The molecule has 1 amide bonds. The van der Waals surface area contributed by atoms with Gasteiger partial charge in [0.1, 0.15) is 0 Å². The predicted octanol–water partition coefficient (Wildman–Crippen LogP) is 2.96. The van der Waals surface area contributed by atoms with Gasteiger partial charge in [0.15, 0.2) is 0 Å². The van der Waals surface area contributed by atoms with Crippen LogP contribution in [-0.4, -0.2) is 27.6 Å². The van der Waals surface area contributed by atoms with Gasteiger partial charge in [0.05, 0.1) is 23.5 Å². The van der Waals surface area contributed by atoms with E-state index in [-0.39, 0.29) is 5.91 Å². The van der Waals surface area contributed by atoms with Gasteiger partial charge < -0.3 is 4.90 Å². The molecule has 2 rings (SSSR count). The van der Waals surface area contributed by atoms with E-state index in [0.29, 0.717) is 17.1 Å². The maximum atomic E-state index is 12.4. The third-order valence-electron chi connectivity index (χ3n) is 3.50. The van der Waals surface area contributed by atoms with Crippen LogP contribution in [0.5, 0.6) is 0 Å². The number of carbonyl (C=O) groups is 1. The molecule has 0 fully saturated rings. The number of nitrogens with zero attached hydrogens (tertiary/aromatic N) is 3. The number of aryl methyl sites for hydroxylation is 3. The number of hydrogen-bond acceptors (Lipinski definition) is 2. The Morgan fingerprint density at radius 3 is 2.60 bits per heavy atom. The Bertz CT molecular complexity index is 629. The van der Waals surface area contributed by atoms with Crippen LogP contribution >= 0.6 is 11.6 Å². The lowest BCUT2D eigenvalue weighted by Gasteiger charge is -2.18. The highest BCUT2D eigenvalue weighted by molar-refractivity contribution is 6.31. The lowest BCUT2D eigenvalue weighted by molar-refractivity contribution is 0.0782. The Kier molecular flexibility index (Phi) is 4.14. The third kappa shape index (κ3) is 2.85. The molecule has 0 unspecified atom stereocenters. The second kappa shape index (κ2) is 5.67. The van der Waals surface area contributed by atoms with E-state index in [9.17, 15) is 4.79 Å². The minimum atomic E-state index is -0.0228. The van der Waals surface area contributed by atoms with Crippen LogP contribution in [0.3, 0.4) is 0 Å². The summed E-state index contributed by atoms with van der Waals surface area (Å²) in [6, 6.07) is 5.73. The lowest BCUT2D eigenvalue weighted by atomic mass is 10.1. The van der Waals surface area contributed by atoms with Crippen molar-refractivity contribution in [1.82, 2.24) is 14.7 Å². The topological polar surface area (TPSA) is 38.1 Å². The highest BCUT2D eigenvalue weighted by Gasteiger charge is 2.16. The van der Waals surface area contributed by atoms with Crippen molar-refractivity contribution in [1.29, 1.82) is 0 Å². The minimum absolute atomic E-state index is 0.0228. The average Bonchev–Trinajstić information content (AvgIpc) is 2.72. The Balaban J connectivity index is 2.18. The zero-order valence-corrected chi connectivity index (χ0v) is 12.9. The molecular formula is C15H18ClN3O. The summed E-state index contributed by atoms with van der Waals surface area (Å²) in [5.41, 5.74) is 3.81. The number of carbonyl (C=O) groups excluding carboxylic acids is 1. The molecule has 0 radical (unpaired) electrons. The quantitative estimate of drug-likeness (QED) is 0.872. The van der Waals surface area contributed by atoms with Crippen LogP contribution in [0.1, 0.15) is 27.2 Å². The summed E-state index contributed by atoms with van der Waals surface area (Å²) >= 11 is 6.06. The number of halogens is 1. The lowest BCUT2D eigenvalue weighted by Crippen LogP contribution is -2.27. The summed E-state index contributed by atoms with van der Waals surface area (Å²) in [6.07, 6.45) is 1.59. The smallest absolute Gasteiger partial charge is 0.253 e. The molecule has 0 atom stereocenters. The largest absolute Gasteiger partial charge is 0.336 e. The standard InChI is InChI=1S/C15H18ClN3O/c1-10-5-6-12(7-11(10)2)15(20)18(3)9-14-13(16)8-17-19(14)4/h5-8H,9H2,1-4H3. The summed E-state index contributed by atoms with van der Waals surface area (Å²) in [4.78, 5) is 14.1. The van der Waals surface area contributed by atoms with E-state index in [4.69, 9.17) is 11.6 Å². The first-order chi connectivity index (χ1) is 9.40. The van der Waals surface area contributed by atoms with Crippen LogP contribution in [0.15, 0.2) is 24.4 Å². The summed E-state index contributed by atoms with van der Waals surface area (Å²) in [5, 5.41) is 4.65. The number of benzene rings is 1. The van der Waals surface area contributed by atoms with Crippen LogP contribution in [0, 0.1) is 13.8 Å². The van der Waals surface area contributed by atoms with Gasteiger partial charge in [-0.2, -0.15) is 5.10 Å². The van der Waals surface area contributed by atoms with Crippen molar-refractivity contribution in [2.45, 2.75) is 20.4 Å². The van der Waals surface area contributed by atoms with Gasteiger partial charge in [0.25, 0.3) is 5.91 Å². The predicted molar refractivity (Wildman–Crippen MR) is 79.9 cm³/mol. The number of aromatic nitrogens is 2. The molecule has 0 spiro atoms. The van der Waals surface area contributed by atoms with Crippen molar-refractivity contribution >= 4 is 17.5 Å². The number of hydrogen-bond donors (Lipinski definition) is 0. The van der Waals surface area contributed by atoms with E-state index in [2.05, 4.69) is 5.10 Å². The maximum absolute atomic E-state index is 12.4. The van der Waals surface area contributed by atoms with Crippen LogP contribution < -0.4 is 0 Å². The highest BCUT2D eigenvalue weighted by Crippen LogP contribution is 2.17. The first-order valence-electron chi connectivity index (χ1n) is 6.39. The average molecular weight is 292 g/mol. The van der Waals surface area contributed by atoms with E-state index < -0.39 is 0 Å². The first-order valence-corrected chi connectivity index (χ1v) is 6.77. The van der Waals surface area contributed by atoms with Gasteiger partial charge in [0.2, 0.25) is 0 Å². The highest BCUT2D eigenvalue weighted by atomic mass is 35.5. The van der Waals surface area contributed by atoms with Crippen molar-refractivity contribution in [2.24, 2.45) is 7.05 Å². The SMILES string of the molecule is Cc1ccc(C(=O)N(C)Cc2c(Cl)cnn2C)cc1C.